The van der Waals surface area contributed by atoms with Gasteiger partial charge in [-0.1, -0.05) is 53.8 Å². The summed E-state index contributed by atoms with van der Waals surface area (Å²) in [5.41, 5.74) is 1.40. The molecular formula is C20H14FN3O2S2. The quantitative estimate of drug-likeness (QED) is 0.391. The number of rotatable bonds is 4. The molecule has 28 heavy (non-hydrogen) atoms. The molecule has 4 aromatic rings. The molecule has 0 unspecified atom stereocenters. The second-order valence-electron chi connectivity index (χ2n) is 5.85. The van der Waals surface area contributed by atoms with Gasteiger partial charge in [0.25, 0.3) is 10.0 Å². The summed E-state index contributed by atoms with van der Waals surface area (Å²) in [6.07, 6.45) is 0. The number of aromatic nitrogens is 1. The van der Waals surface area contributed by atoms with Gasteiger partial charge in [-0.2, -0.15) is 8.42 Å². The van der Waals surface area contributed by atoms with E-state index >= 15 is 0 Å². The van der Waals surface area contributed by atoms with Crippen molar-refractivity contribution in [1.82, 2.24) is 4.98 Å². The number of sulfonamides is 1. The maximum Gasteiger partial charge on any atom is 0.284 e. The molecule has 0 aliphatic heterocycles. The molecule has 0 amide bonds. The fourth-order valence-electron chi connectivity index (χ4n) is 2.55. The van der Waals surface area contributed by atoms with Crippen molar-refractivity contribution in [3.8, 4) is 0 Å². The number of benzene rings is 3. The highest BCUT2D eigenvalue weighted by Gasteiger charge is 2.17. The van der Waals surface area contributed by atoms with Gasteiger partial charge in [-0.05, 0) is 36.4 Å². The van der Waals surface area contributed by atoms with Crippen LogP contribution in [0.5, 0.6) is 0 Å². The number of hydrogen-bond donors (Lipinski definition) is 1. The summed E-state index contributed by atoms with van der Waals surface area (Å²) >= 11 is 1.40. The van der Waals surface area contributed by atoms with Gasteiger partial charge >= 0.3 is 0 Å². The van der Waals surface area contributed by atoms with Crippen LogP contribution in [0, 0.1) is 5.82 Å². The third-order valence-electron chi connectivity index (χ3n) is 3.89. The first-order valence-electron chi connectivity index (χ1n) is 8.30. The molecule has 1 heterocycles. The minimum absolute atomic E-state index is 0.0894. The second kappa shape index (κ2) is 7.49. The molecule has 0 saturated heterocycles. The average Bonchev–Trinajstić information content (AvgIpc) is 3.11. The number of hydrogen-bond acceptors (Lipinski definition) is 4. The molecule has 0 radical (unpaired) electrons. The Morgan fingerprint density at radius 1 is 0.929 bits per heavy atom. The summed E-state index contributed by atoms with van der Waals surface area (Å²) in [6, 6.07) is 21.1. The van der Waals surface area contributed by atoms with E-state index in [1.807, 2.05) is 30.3 Å². The van der Waals surface area contributed by atoms with Crippen LogP contribution in [-0.4, -0.2) is 19.2 Å². The van der Waals surface area contributed by atoms with Gasteiger partial charge in [0, 0.05) is 5.56 Å². The van der Waals surface area contributed by atoms with Gasteiger partial charge in [0.2, 0.25) is 0 Å². The van der Waals surface area contributed by atoms with Gasteiger partial charge < -0.3 is 5.32 Å². The smallest absolute Gasteiger partial charge is 0.284 e. The van der Waals surface area contributed by atoms with Crippen LogP contribution >= 0.6 is 11.3 Å². The number of nitrogens with one attached hydrogen (secondary N) is 1. The van der Waals surface area contributed by atoms with Crippen LogP contribution in [0.25, 0.3) is 10.2 Å². The highest BCUT2D eigenvalue weighted by Crippen LogP contribution is 2.26. The molecule has 1 N–H and O–H groups in total. The zero-order valence-corrected chi connectivity index (χ0v) is 16.0. The van der Waals surface area contributed by atoms with Gasteiger partial charge in [0.1, 0.15) is 5.82 Å². The van der Waals surface area contributed by atoms with E-state index in [9.17, 15) is 12.8 Å². The van der Waals surface area contributed by atoms with Crippen molar-refractivity contribution in [2.75, 3.05) is 5.32 Å². The lowest BCUT2D eigenvalue weighted by molar-refractivity contribution is 0.596. The van der Waals surface area contributed by atoms with E-state index in [0.29, 0.717) is 10.7 Å². The minimum Gasteiger partial charge on any atom is -0.315 e. The van der Waals surface area contributed by atoms with Crippen molar-refractivity contribution >= 4 is 42.5 Å². The summed E-state index contributed by atoms with van der Waals surface area (Å²) in [5, 5.41) is 3.55. The maximum atomic E-state index is 13.1. The number of fused-ring (bicyclic) bond motifs is 1. The number of anilines is 1. The van der Waals surface area contributed by atoms with Crippen LogP contribution in [0.1, 0.15) is 5.56 Å². The molecule has 0 fully saturated rings. The minimum atomic E-state index is -4.04. The Hall–Kier alpha value is -3.10. The van der Waals surface area contributed by atoms with Crippen LogP contribution < -0.4 is 5.32 Å². The fraction of sp³-hybridized carbons (Fsp3) is 0. The first-order valence-corrected chi connectivity index (χ1v) is 10.6. The molecule has 0 atom stereocenters. The molecule has 1 aromatic heterocycles. The lowest BCUT2D eigenvalue weighted by Crippen LogP contribution is -2.16. The van der Waals surface area contributed by atoms with Crippen molar-refractivity contribution in [3.05, 3.63) is 90.2 Å². The summed E-state index contributed by atoms with van der Waals surface area (Å²) < 4.78 is 43.5. The number of amidine groups is 1. The zero-order chi connectivity index (χ0) is 19.6. The first kappa shape index (κ1) is 18.3. The molecule has 140 valence electrons. The van der Waals surface area contributed by atoms with Gasteiger partial charge in [0.05, 0.1) is 15.1 Å². The van der Waals surface area contributed by atoms with E-state index < -0.39 is 15.8 Å². The van der Waals surface area contributed by atoms with Gasteiger partial charge in [-0.25, -0.2) is 9.37 Å². The predicted molar refractivity (Wildman–Crippen MR) is 110 cm³/mol. The number of nitrogens with zero attached hydrogens (tertiary/aromatic N) is 2. The number of halogens is 1. The monoisotopic (exact) mass is 411 g/mol. The molecule has 0 bridgehead atoms. The van der Waals surface area contributed by atoms with Crippen molar-refractivity contribution in [2.45, 2.75) is 4.90 Å². The molecule has 5 nitrogen and oxygen atoms in total. The normalized spacial score (nSPS) is 12.2. The van der Waals surface area contributed by atoms with E-state index in [2.05, 4.69) is 14.7 Å². The lowest BCUT2D eigenvalue weighted by Gasteiger charge is -2.08. The molecule has 8 heteroatoms. The molecular weight excluding hydrogens is 397 g/mol. The standard InChI is InChI=1S/C20H14FN3O2S2/c21-15-10-12-16(13-11-15)28(25,26)24-19(14-6-2-1-3-7-14)23-20-22-17-8-4-5-9-18(17)27-20/h1-13H,(H,22,23,24). The summed E-state index contributed by atoms with van der Waals surface area (Å²) in [7, 11) is -4.04. The Labute approximate surface area is 165 Å². The van der Waals surface area contributed by atoms with Crippen LogP contribution in [0.15, 0.2) is 88.2 Å². The summed E-state index contributed by atoms with van der Waals surface area (Å²) in [5.74, 6) is -0.372. The Kier molecular flexibility index (Phi) is 4.89. The average molecular weight is 411 g/mol. The third-order valence-corrected chi connectivity index (χ3v) is 6.13. The first-order chi connectivity index (χ1) is 13.5. The highest BCUT2D eigenvalue weighted by atomic mass is 32.2. The highest BCUT2D eigenvalue weighted by molar-refractivity contribution is 7.90. The summed E-state index contributed by atoms with van der Waals surface area (Å²) in [4.78, 5) is 4.39. The van der Waals surface area contributed by atoms with E-state index in [-0.39, 0.29) is 10.7 Å². The van der Waals surface area contributed by atoms with Gasteiger partial charge in [0.15, 0.2) is 11.0 Å². The van der Waals surface area contributed by atoms with E-state index in [4.69, 9.17) is 0 Å². The number of para-hydroxylation sites is 1. The van der Waals surface area contributed by atoms with Crippen molar-refractivity contribution in [3.63, 3.8) is 0 Å². The van der Waals surface area contributed by atoms with Crippen LogP contribution in [0.3, 0.4) is 0 Å². The molecule has 4 rings (SSSR count). The SMILES string of the molecule is O=S(=O)(N=C(Nc1nc2ccccc2s1)c1ccccc1)c1ccc(F)cc1. The van der Waals surface area contributed by atoms with Crippen molar-refractivity contribution < 1.29 is 12.8 Å². The van der Waals surface area contributed by atoms with E-state index in [0.717, 1.165) is 22.3 Å². The molecule has 0 aliphatic carbocycles. The maximum absolute atomic E-state index is 13.1. The van der Waals surface area contributed by atoms with E-state index in [1.54, 1.807) is 24.3 Å². The van der Waals surface area contributed by atoms with Gasteiger partial charge in [-0.15, -0.1) is 4.40 Å². The Bertz CT molecular complexity index is 1220. The second-order valence-corrected chi connectivity index (χ2v) is 8.48. The van der Waals surface area contributed by atoms with Crippen molar-refractivity contribution in [1.29, 1.82) is 0 Å². The van der Waals surface area contributed by atoms with Crippen molar-refractivity contribution in [2.24, 2.45) is 4.40 Å². The number of thiazole rings is 1. The van der Waals surface area contributed by atoms with E-state index in [1.165, 1.54) is 23.5 Å². The largest absolute Gasteiger partial charge is 0.315 e. The van der Waals surface area contributed by atoms with Crippen LogP contribution in [0.4, 0.5) is 9.52 Å². The van der Waals surface area contributed by atoms with Crippen LogP contribution in [-0.2, 0) is 10.0 Å². The van der Waals surface area contributed by atoms with Crippen LogP contribution in [0.2, 0.25) is 0 Å². The zero-order valence-electron chi connectivity index (χ0n) is 14.4. The molecule has 3 aromatic carbocycles. The topological polar surface area (TPSA) is 71.4 Å². The Morgan fingerprint density at radius 3 is 2.32 bits per heavy atom. The Balaban J connectivity index is 1.77. The lowest BCUT2D eigenvalue weighted by atomic mass is 10.2. The molecule has 0 spiro atoms. The fourth-order valence-corrected chi connectivity index (χ4v) is 4.39. The summed E-state index contributed by atoms with van der Waals surface area (Å²) in [6.45, 7) is 0. The molecule has 0 saturated carbocycles. The van der Waals surface area contributed by atoms with Gasteiger partial charge in [-0.3, -0.25) is 0 Å². The Morgan fingerprint density at radius 2 is 1.61 bits per heavy atom. The predicted octanol–water partition coefficient (Wildman–Crippen LogP) is 4.68. The third kappa shape index (κ3) is 3.92. The molecule has 0 aliphatic rings.